The molecule has 1 N–H and O–H groups in total. The largest absolute Gasteiger partial charge is 0.497 e. The van der Waals surface area contributed by atoms with E-state index in [2.05, 4.69) is 5.32 Å². The highest BCUT2D eigenvalue weighted by Gasteiger charge is 2.30. The molecule has 3 aromatic carbocycles. The van der Waals surface area contributed by atoms with Crippen molar-refractivity contribution in [3.63, 3.8) is 0 Å². The van der Waals surface area contributed by atoms with Crippen molar-refractivity contribution >= 4 is 21.7 Å². The lowest BCUT2D eigenvalue weighted by atomic mass is 9.97. The molecule has 0 atom stereocenters. The predicted octanol–water partition coefficient (Wildman–Crippen LogP) is 3.51. The summed E-state index contributed by atoms with van der Waals surface area (Å²) in [5, 5.41) is 2.98. The van der Waals surface area contributed by atoms with Crippen LogP contribution >= 0.6 is 0 Å². The maximum Gasteiger partial charge on any atom is 0.252 e. The van der Waals surface area contributed by atoms with Gasteiger partial charge in [0.2, 0.25) is 10.0 Å². The molecule has 7 nitrogen and oxygen atoms in total. The second-order valence-electron chi connectivity index (χ2n) is 8.07. The molecule has 1 saturated heterocycles. The number of rotatable bonds is 7. The van der Waals surface area contributed by atoms with E-state index in [9.17, 15) is 18.0 Å². The number of hydrogen-bond acceptors (Lipinski definition) is 5. The Bertz CT molecular complexity index is 1270. The molecular formula is C26H26N2O5S. The van der Waals surface area contributed by atoms with Gasteiger partial charge in [-0.2, -0.15) is 4.31 Å². The van der Waals surface area contributed by atoms with Crippen molar-refractivity contribution in [2.75, 3.05) is 20.2 Å². The topological polar surface area (TPSA) is 92.8 Å². The highest BCUT2D eigenvalue weighted by atomic mass is 32.2. The van der Waals surface area contributed by atoms with Crippen molar-refractivity contribution in [3.8, 4) is 5.75 Å². The molecule has 34 heavy (non-hydrogen) atoms. The Morgan fingerprint density at radius 1 is 0.853 bits per heavy atom. The fourth-order valence-corrected chi connectivity index (χ4v) is 5.49. The maximum absolute atomic E-state index is 13.0. The van der Waals surface area contributed by atoms with Crippen molar-refractivity contribution in [2.24, 2.45) is 0 Å². The summed E-state index contributed by atoms with van der Waals surface area (Å²) in [5.74, 6) is 0.0366. The monoisotopic (exact) mass is 478 g/mol. The lowest BCUT2D eigenvalue weighted by Gasteiger charge is -2.31. The Labute approximate surface area is 199 Å². The second-order valence-corrected chi connectivity index (χ2v) is 10.0. The Morgan fingerprint density at radius 2 is 1.44 bits per heavy atom. The first-order valence-electron chi connectivity index (χ1n) is 11.0. The van der Waals surface area contributed by atoms with E-state index in [0.29, 0.717) is 48.4 Å². The van der Waals surface area contributed by atoms with Crippen LogP contribution in [0.2, 0.25) is 0 Å². The molecule has 1 aliphatic heterocycles. The molecule has 0 bridgehead atoms. The zero-order valence-corrected chi connectivity index (χ0v) is 19.6. The molecule has 0 radical (unpaired) electrons. The first kappa shape index (κ1) is 23.7. The van der Waals surface area contributed by atoms with Crippen LogP contribution in [0.15, 0.2) is 83.8 Å². The molecule has 176 valence electrons. The van der Waals surface area contributed by atoms with Gasteiger partial charge in [0, 0.05) is 30.3 Å². The molecule has 0 spiro atoms. The number of amides is 1. The number of piperidine rings is 1. The van der Waals surface area contributed by atoms with Crippen molar-refractivity contribution in [1.29, 1.82) is 0 Å². The molecule has 0 aliphatic carbocycles. The van der Waals surface area contributed by atoms with E-state index in [1.165, 1.54) is 23.5 Å². The van der Waals surface area contributed by atoms with Crippen LogP contribution in [0, 0.1) is 0 Å². The summed E-state index contributed by atoms with van der Waals surface area (Å²) < 4.78 is 32.4. The molecule has 0 aromatic heterocycles. The Balaban J connectivity index is 1.41. The molecule has 0 unspecified atom stereocenters. The standard InChI is InChI=1S/C26H26N2O5S/c1-33-21-11-13-22(14-12-21)34(31,32)28-17-15-20(16-18-28)27-26(30)24-10-6-5-9-23(24)25(29)19-7-3-2-4-8-19/h2-14,20H,15-18H2,1H3,(H,27,30). The Morgan fingerprint density at radius 3 is 2.06 bits per heavy atom. The minimum Gasteiger partial charge on any atom is -0.497 e. The molecule has 3 aromatic rings. The summed E-state index contributed by atoms with van der Waals surface area (Å²) in [6.45, 7) is 0.591. The molecule has 8 heteroatoms. The first-order chi connectivity index (χ1) is 16.4. The van der Waals surface area contributed by atoms with Crippen molar-refractivity contribution < 1.29 is 22.7 Å². The zero-order valence-electron chi connectivity index (χ0n) is 18.8. The van der Waals surface area contributed by atoms with E-state index in [1.807, 2.05) is 6.07 Å². The summed E-state index contributed by atoms with van der Waals surface area (Å²) in [5.41, 5.74) is 1.16. The van der Waals surface area contributed by atoms with Crippen LogP contribution in [0.25, 0.3) is 0 Å². The summed E-state index contributed by atoms with van der Waals surface area (Å²) in [6, 6.07) is 21.7. The number of methoxy groups -OCH3 is 1. The Hall–Kier alpha value is -3.49. The van der Waals surface area contributed by atoms with E-state index < -0.39 is 10.0 Å². The van der Waals surface area contributed by atoms with E-state index in [1.54, 1.807) is 60.7 Å². The van der Waals surface area contributed by atoms with Gasteiger partial charge < -0.3 is 10.1 Å². The summed E-state index contributed by atoms with van der Waals surface area (Å²) in [6.07, 6.45) is 0.964. The van der Waals surface area contributed by atoms with Gasteiger partial charge in [-0.3, -0.25) is 9.59 Å². The van der Waals surface area contributed by atoms with Crippen LogP contribution in [0.3, 0.4) is 0 Å². The highest BCUT2D eigenvalue weighted by Crippen LogP contribution is 2.23. The molecule has 1 heterocycles. The predicted molar refractivity (Wildman–Crippen MR) is 129 cm³/mol. The number of nitrogens with zero attached hydrogens (tertiary/aromatic N) is 1. The molecule has 1 amide bonds. The van der Waals surface area contributed by atoms with Crippen LogP contribution < -0.4 is 10.1 Å². The highest BCUT2D eigenvalue weighted by molar-refractivity contribution is 7.89. The van der Waals surface area contributed by atoms with Crippen LogP contribution in [0.4, 0.5) is 0 Å². The van der Waals surface area contributed by atoms with Gasteiger partial charge in [0.1, 0.15) is 5.75 Å². The van der Waals surface area contributed by atoms with Gasteiger partial charge >= 0.3 is 0 Å². The molecular weight excluding hydrogens is 452 g/mol. The fourth-order valence-electron chi connectivity index (χ4n) is 4.02. The maximum atomic E-state index is 13.0. The van der Waals surface area contributed by atoms with Gasteiger partial charge in [-0.1, -0.05) is 48.5 Å². The lowest BCUT2D eigenvalue weighted by Crippen LogP contribution is -2.46. The minimum atomic E-state index is -3.62. The van der Waals surface area contributed by atoms with E-state index >= 15 is 0 Å². The fraction of sp³-hybridized carbons (Fsp3) is 0.231. The van der Waals surface area contributed by atoms with Crippen LogP contribution in [0.1, 0.15) is 39.1 Å². The third kappa shape index (κ3) is 5.03. The van der Waals surface area contributed by atoms with Gasteiger partial charge in [-0.25, -0.2) is 8.42 Å². The average Bonchev–Trinajstić information content (AvgIpc) is 2.89. The second kappa shape index (κ2) is 10.2. The summed E-state index contributed by atoms with van der Waals surface area (Å²) in [4.78, 5) is 26.2. The molecule has 0 saturated carbocycles. The SMILES string of the molecule is COc1ccc(S(=O)(=O)N2CCC(NC(=O)c3ccccc3C(=O)c3ccccc3)CC2)cc1. The van der Waals surface area contributed by atoms with Crippen LogP contribution in [-0.2, 0) is 10.0 Å². The Kier molecular flexibility index (Phi) is 7.09. The number of ether oxygens (including phenoxy) is 1. The van der Waals surface area contributed by atoms with Crippen molar-refractivity contribution in [1.82, 2.24) is 9.62 Å². The quantitative estimate of drug-likeness (QED) is 0.525. The minimum absolute atomic E-state index is 0.185. The van der Waals surface area contributed by atoms with E-state index in [0.717, 1.165) is 0 Å². The number of ketones is 1. The third-order valence-electron chi connectivity index (χ3n) is 5.94. The van der Waals surface area contributed by atoms with E-state index in [-0.39, 0.29) is 22.6 Å². The van der Waals surface area contributed by atoms with Crippen molar-refractivity contribution in [2.45, 2.75) is 23.8 Å². The normalized spacial score (nSPS) is 15.0. The van der Waals surface area contributed by atoms with Gasteiger partial charge in [0.15, 0.2) is 5.78 Å². The number of carbonyl (C=O) groups is 2. The van der Waals surface area contributed by atoms with Gasteiger partial charge in [-0.05, 0) is 43.2 Å². The number of sulfonamides is 1. The summed E-state index contributed by atoms with van der Waals surface area (Å²) >= 11 is 0. The number of benzene rings is 3. The lowest BCUT2D eigenvalue weighted by molar-refractivity contribution is 0.0914. The average molecular weight is 479 g/mol. The van der Waals surface area contributed by atoms with Gasteiger partial charge in [0.05, 0.1) is 17.6 Å². The third-order valence-corrected chi connectivity index (χ3v) is 7.85. The van der Waals surface area contributed by atoms with Crippen LogP contribution in [-0.4, -0.2) is 50.7 Å². The smallest absolute Gasteiger partial charge is 0.252 e. The van der Waals surface area contributed by atoms with E-state index in [4.69, 9.17) is 4.74 Å². The summed E-state index contributed by atoms with van der Waals surface area (Å²) in [7, 11) is -2.09. The zero-order chi connectivity index (χ0) is 24.1. The first-order valence-corrected chi connectivity index (χ1v) is 12.5. The number of hydrogen-bond donors (Lipinski definition) is 1. The molecule has 1 aliphatic rings. The van der Waals surface area contributed by atoms with Crippen LogP contribution in [0.5, 0.6) is 5.75 Å². The van der Waals surface area contributed by atoms with Gasteiger partial charge in [0.25, 0.3) is 5.91 Å². The number of carbonyl (C=O) groups excluding carboxylic acids is 2. The molecule has 1 fully saturated rings. The molecule has 4 rings (SSSR count). The number of nitrogens with one attached hydrogen (secondary N) is 1. The van der Waals surface area contributed by atoms with Gasteiger partial charge in [-0.15, -0.1) is 0 Å². The van der Waals surface area contributed by atoms with Crippen molar-refractivity contribution in [3.05, 3.63) is 95.6 Å².